The Morgan fingerprint density at radius 2 is 1.57 bits per heavy atom. The fourth-order valence-corrected chi connectivity index (χ4v) is 2.36. The molecule has 0 aromatic carbocycles. The molecule has 1 unspecified atom stereocenters. The molecular weight excluding hydrogens is 196 g/mol. The van der Waals surface area contributed by atoms with Crippen molar-refractivity contribution in [3.05, 3.63) is 0 Å². The van der Waals surface area contributed by atoms with Crippen LogP contribution in [0.25, 0.3) is 0 Å². The first-order valence-corrected chi connectivity index (χ1v) is 6.45. The predicted molar refractivity (Wildman–Crippen MR) is 52.7 cm³/mol. The van der Waals surface area contributed by atoms with E-state index >= 15 is 0 Å². The minimum absolute atomic E-state index is 0.170. The average Bonchev–Trinajstić information content (AvgIpc) is 2.15. The molecule has 5 heteroatoms. The van der Waals surface area contributed by atoms with E-state index in [4.69, 9.17) is 15.3 Å². The lowest BCUT2D eigenvalue weighted by atomic mass is 10.1. The maximum atomic E-state index is 10.9. The first-order valence-electron chi connectivity index (χ1n) is 4.80. The van der Waals surface area contributed by atoms with Crippen LogP contribution < -0.4 is 0 Å². The molecule has 1 N–H and O–H groups in total. The highest BCUT2D eigenvalue weighted by Gasteiger charge is 2.20. The molecule has 77 valence electrons. The minimum Gasteiger partial charge on any atom is -0.411 e. The number of nitrogens with zero attached hydrogens (tertiary/aromatic N) is 2. The Hall–Kier alpha value is -0.883. The summed E-state index contributed by atoms with van der Waals surface area (Å²) >= 11 is 0. The summed E-state index contributed by atoms with van der Waals surface area (Å²) in [6, 6.07) is 4.02. The molecular formula is C9H15N2O2Si. The van der Waals surface area contributed by atoms with Crippen molar-refractivity contribution in [2.24, 2.45) is 0 Å². The van der Waals surface area contributed by atoms with E-state index in [1.807, 2.05) is 12.1 Å². The van der Waals surface area contributed by atoms with Gasteiger partial charge < -0.3 is 4.80 Å². The number of rotatable bonds is 7. The van der Waals surface area contributed by atoms with Crippen LogP contribution in [0.15, 0.2) is 0 Å². The Morgan fingerprint density at radius 1 is 1.14 bits per heavy atom. The van der Waals surface area contributed by atoms with Gasteiger partial charge in [0, 0.05) is 18.4 Å². The Kier molecular flexibility index (Phi) is 8.15. The smallest absolute Gasteiger partial charge is 0.359 e. The van der Waals surface area contributed by atoms with Gasteiger partial charge >= 0.3 is 9.28 Å². The van der Waals surface area contributed by atoms with Gasteiger partial charge in [0.15, 0.2) is 0 Å². The highest BCUT2D eigenvalue weighted by Crippen LogP contribution is 2.23. The average molecular weight is 211 g/mol. The SMILES string of the molecule is N#CCCCC(CCCC#N)[SiH]([O])O. The van der Waals surface area contributed by atoms with Crippen LogP contribution in [0.4, 0.5) is 0 Å². The third kappa shape index (κ3) is 6.61. The summed E-state index contributed by atoms with van der Waals surface area (Å²) in [7, 11) is -2.84. The molecule has 0 aliphatic rings. The van der Waals surface area contributed by atoms with Gasteiger partial charge in [-0.25, -0.2) is 0 Å². The van der Waals surface area contributed by atoms with Gasteiger partial charge in [0.1, 0.15) is 0 Å². The Labute approximate surface area is 86.3 Å². The first kappa shape index (κ1) is 13.1. The van der Waals surface area contributed by atoms with Gasteiger partial charge in [0.2, 0.25) is 0 Å². The second-order valence-electron chi connectivity index (χ2n) is 3.25. The molecule has 0 aliphatic carbocycles. The van der Waals surface area contributed by atoms with Crippen molar-refractivity contribution in [2.75, 3.05) is 0 Å². The molecule has 4 nitrogen and oxygen atoms in total. The van der Waals surface area contributed by atoms with Crippen LogP contribution in [-0.2, 0) is 4.80 Å². The standard InChI is InChI=1S/C9H15N2O2Si/c10-7-3-1-5-9(14(12)13)6-2-4-8-11/h9,12,14H,1-6H2. The number of unbranched alkanes of at least 4 members (excludes halogenated alkanes) is 2. The van der Waals surface area contributed by atoms with Crippen LogP contribution in [0.1, 0.15) is 38.5 Å². The van der Waals surface area contributed by atoms with Crippen molar-refractivity contribution in [2.45, 2.75) is 44.1 Å². The molecule has 0 aliphatic heterocycles. The zero-order valence-electron chi connectivity index (χ0n) is 8.15. The summed E-state index contributed by atoms with van der Waals surface area (Å²) in [5, 5.41) is 16.6. The molecule has 0 fully saturated rings. The molecule has 1 atom stereocenters. The molecule has 0 aromatic rings. The van der Waals surface area contributed by atoms with E-state index in [0.717, 1.165) is 0 Å². The molecule has 0 saturated carbocycles. The van der Waals surface area contributed by atoms with Gasteiger partial charge in [-0.05, 0) is 25.7 Å². The quantitative estimate of drug-likeness (QED) is 0.510. The number of nitriles is 2. The molecule has 0 bridgehead atoms. The fraction of sp³-hybridized carbons (Fsp3) is 0.778. The lowest BCUT2D eigenvalue weighted by molar-refractivity contribution is 0.308. The Balaban J connectivity index is 3.68. The monoisotopic (exact) mass is 211 g/mol. The molecule has 0 rings (SSSR count). The summed E-state index contributed by atoms with van der Waals surface area (Å²) in [6.45, 7) is 0. The molecule has 0 heterocycles. The van der Waals surface area contributed by atoms with Crippen LogP contribution in [0.2, 0.25) is 5.54 Å². The van der Waals surface area contributed by atoms with Gasteiger partial charge in [-0.15, -0.1) is 0 Å². The van der Waals surface area contributed by atoms with Crippen molar-refractivity contribution < 1.29 is 9.59 Å². The first-order chi connectivity index (χ1) is 6.72. The van der Waals surface area contributed by atoms with Crippen LogP contribution in [0, 0.1) is 22.7 Å². The molecule has 14 heavy (non-hydrogen) atoms. The summed E-state index contributed by atoms with van der Waals surface area (Å²) in [5.74, 6) is 0. The zero-order chi connectivity index (χ0) is 10.8. The van der Waals surface area contributed by atoms with Crippen molar-refractivity contribution in [1.29, 1.82) is 10.5 Å². The van der Waals surface area contributed by atoms with E-state index in [1.165, 1.54) is 0 Å². The number of hydrogen-bond acceptors (Lipinski definition) is 3. The summed E-state index contributed by atoms with van der Waals surface area (Å²) in [5.41, 5.74) is -0.170. The van der Waals surface area contributed by atoms with Crippen LogP contribution >= 0.6 is 0 Å². The zero-order valence-corrected chi connectivity index (χ0v) is 9.30. The lowest BCUT2D eigenvalue weighted by Crippen LogP contribution is -2.18. The second kappa shape index (κ2) is 8.70. The Bertz CT molecular complexity index is 200. The molecule has 0 aromatic heterocycles. The van der Waals surface area contributed by atoms with Crippen LogP contribution in [0.5, 0.6) is 0 Å². The van der Waals surface area contributed by atoms with Gasteiger partial charge in [-0.1, -0.05) is 0 Å². The van der Waals surface area contributed by atoms with Crippen LogP contribution in [0.3, 0.4) is 0 Å². The molecule has 1 radical (unpaired) electrons. The van der Waals surface area contributed by atoms with Gasteiger partial charge in [-0.2, -0.15) is 10.5 Å². The van der Waals surface area contributed by atoms with E-state index in [-0.39, 0.29) is 5.54 Å². The normalized spacial score (nSPS) is 10.1. The lowest BCUT2D eigenvalue weighted by Gasteiger charge is -2.13. The highest BCUT2D eigenvalue weighted by molar-refractivity contribution is 6.42. The van der Waals surface area contributed by atoms with Gasteiger partial charge in [-0.3, -0.25) is 4.80 Å². The van der Waals surface area contributed by atoms with E-state index in [2.05, 4.69) is 0 Å². The summed E-state index contributed by atoms with van der Waals surface area (Å²) in [6.07, 6.45) is 3.51. The maximum absolute atomic E-state index is 10.9. The topological polar surface area (TPSA) is 87.7 Å². The largest absolute Gasteiger partial charge is 0.411 e. The van der Waals surface area contributed by atoms with E-state index < -0.39 is 9.28 Å². The predicted octanol–water partition coefficient (Wildman–Crippen LogP) is 1.39. The van der Waals surface area contributed by atoms with Crippen molar-refractivity contribution in [3.63, 3.8) is 0 Å². The van der Waals surface area contributed by atoms with Crippen molar-refractivity contribution in [3.8, 4) is 12.1 Å². The summed E-state index contributed by atoms with van der Waals surface area (Å²) in [4.78, 5) is 20.0. The van der Waals surface area contributed by atoms with Gasteiger partial charge in [0.25, 0.3) is 0 Å². The van der Waals surface area contributed by atoms with E-state index in [9.17, 15) is 4.80 Å². The van der Waals surface area contributed by atoms with E-state index in [1.54, 1.807) is 0 Å². The number of hydrogen-bond donors (Lipinski definition) is 1. The van der Waals surface area contributed by atoms with Crippen molar-refractivity contribution in [1.82, 2.24) is 0 Å². The van der Waals surface area contributed by atoms with Gasteiger partial charge in [0.05, 0.1) is 12.1 Å². The summed E-state index contributed by atoms with van der Waals surface area (Å²) < 4.78 is 0. The maximum Gasteiger partial charge on any atom is 0.359 e. The van der Waals surface area contributed by atoms with Crippen molar-refractivity contribution >= 4 is 9.28 Å². The van der Waals surface area contributed by atoms with E-state index in [0.29, 0.717) is 38.5 Å². The molecule has 0 amide bonds. The third-order valence-electron chi connectivity index (χ3n) is 2.13. The molecule has 0 saturated heterocycles. The highest BCUT2D eigenvalue weighted by atomic mass is 28.3. The minimum atomic E-state index is -2.84. The van der Waals surface area contributed by atoms with Crippen LogP contribution in [-0.4, -0.2) is 14.1 Å². The molecule has 0 spiro atoms. The fourth-order valence-electron chi connectivity index (χ4n) is 1.32. The Morgan fingerprint density at radius 3 is 1.86 bits per heavy atom. The third-order valence-corrected chi connectivity index (χ3v) is 3.60. The second-order valence-corrected chi connectivity index (χ2v) is 4.98.